The van der Waals surface area contributed by atoms with E-state index in [1.54, 1.807) is 0 Å². The summed E-state index contributed by atoms with van der Waals surface area (Å²) in [6.45, 7) is 7.98. The topological polar surface area (TPSA) is 106 Å². The zero-order chi connectivity index (χ0) is 26.6. The lowest BCUT2D eigenvalue weighted by Crippen LogP contribution is -2.25. The predicted octanol–water partition coefficient (Wildman–Crippen LogP) is 4.78. The van der Waals surface area contributed by atoms with Gasteiger partial charge < -0.3 is 24.4 Å². The molecule has 1 heterocycles. The minimum atomic E-state index is -1.82. The Labute approximate surface area is 217 Å². The summed E-state index contributed by atoms with van der Waals surface area (Å²) in [5, 5.41) is 14.8. The van der Waals surface area contributed by atoms with Crippen LogP contribution in [-0.4, -0.2) is 47.0 Å². The lowest BCUT2D eigenvalue weighted by Gasteiger charge is -2.23. The molecule has 8 nitrogen and oxygen atoms in total. The highest BCUT2D eigenvalue weighted by Gasteiger charge is 2.14. The summed E-state index contributed by atoms with van der Waals surface area (Å²) >= 11 is 0. The number of aliphatic carboxylic acids is 2. The highest BCUT2D eigenvalue weighted by Crippen LogP contribution is 2.32. The maximum absolute atomic E-state index is 9.10. The summed E-state index contributed by atoms with van der Waals surface area (Å²) in [5.41, 5.74) is 5.28. The Morgan fingerprint density at radius 3 is 1.89 bits per heavy atom. The number of aryl methyl sites for hydroxylation is 1. The molecule has 0 amide bonds. The van der Waals surface area contributed by atoms with Crippen LogP contribution in [-0.2, 0) is 35.5 Å². The van der Waals surface area contributed by atoms with E-state index in [4.69, 9.17) is 34.0 Å². The minimum absolute atomic E-state index is 0.316. The Balaban J connectivity index is 0.000000568. The quantitative estimate of drug-likeness (QED) is 0.378. The molecule has 0 spiro atoms. The zero-order valence-electron chi connectivity index (χ0n) is 21.2. The first kappa shape index (κ1) is 27.5. The Morgan fingerprint density at radius 1 is 0.784 bits per heavy atom. The largest absolute Gasteiger partial charge is 0.494 e. The van der Waals surface area contributed by atoms with E-state index in [0.29, 0.717) is 13.4 Å². The second-order valence-corrected chi connectivity index (χ2v) is 8.51. The van der Waals surface area contributed by atoms with Crippen LogP contribution >= 0.6 is 0 Å². The van der Waals surface area contributed by atoms with Crippen molar-refractivity contribution in [2.45, 2.75) is 39.8 Å². The molecule has 8 heteroatoms. The van der Waals surface area contributed by atoms with E-state index in [1.807, 2.05) is 13.0 Å². The van der Waals surface area contributed by atoms with Gasteiger partial charge in [0.2, 0.25) is 6.79 Å². The Kier molecular flexibility index (Phi) is 10.3. The highest BCUT2D eigenvalue weighted by atomic mass is 16.7. The van der Waals surface area contributed by atoms with Gasteiger partial charge in [0.05, 0.1) is 6.61 Å². The molecule has 3 aromatic rings. The van der Waals surface area contributed by atoms with E-state index in [0.717, 1.165) is 49.7 Å². The molecule has 4 rings (SSSR count). The van der Waals surface area contributed by atoms with Crippen LogP contribution < -0.4 is 14.2 Å². The minimum Gasteiger partial charge on any atom is -0.494 e. The molecule has 0 saturated carbocycles. The molecule has 0 saturated heterocycles. The Morgan fingerprint density at radius 2 is 1.32 bits per heavy atom. The SMILES string of the molecule is CCOc1ccc(CN(CCc2ccc3c(c2)OCO3)Cc2ccc(CC)cc2)cc1.O=C(O)C(=O)O. The Hall–Kier alpha value is -4.04. The second kappa shape index (κ2) is 13.9. The van der Waals surface area contributed by atoms with E-state index in [1.165, 1.54) is 22.3 Å². The zero-order valence-corrected chi connectivity index (χ0v) is 21.2. The maximum atomic E-state index is 9.10. The van der Waals surface area contributed by atoms with E-state index in [9.17, 15) is 0 Å². The van der Waals surface area contributed by atoms with Gasteiger partial charge in [-0.05, 0) is 66.3 Å². The molecule has 0 fully saturated rings. The molecule has 2 N–H and O–H groups in total. The van der Waals surface area contributed by atoms with Gasteiger partial charge in [0.1, 0.15) is 5.75 Å². The monoisotopic (exact) mass is 507 g/mol. The van der Waals surface area contributed by atoms with Crippen molar-refractivity contribution >= 4 is 11.9 Å². The molecule has 1 aliphatic rings. The van der Waals surface area contributed by atoms with Gasteiger partial charge >= 0.3 is 11.9 Å². The second-order valence-electron chi connectivity index (χ2n) is 8.51. The van der Waals surface area contributed by atoms with Crippen molar-refractivity contribution in [3.63, 3.8) is 0 Å². The van der Waals surface area contributed by atoms with E-state index >= 15 is 0 Å². The summed E-state index contributed by atoms with van der Waals surface area (Å²) in [5.74, 6) is -1.03. The van der Waals surface area contributed by atoms with Crippen LogP contribution in [0.15, 0.2) is 66.7 Å². The molecule has 0 aliphatic carbocycles. The number of carboxylic acid groups (broad SMARTS) is 2. The smallest absolute Gasteiger partial charge is 0.414 e. The lowest BCUT2D eigenvalue weighted by atomic mass is 10.1. The van der Waals surface area contributed by atoms with Crippen molar-refractivity contribution in [3.8, 4) is 17.2 Å². The molecule has 0 aromatic heterocycles. The molecule has 0 unspecified atom stereocenters. The number of hydrogen-bond acceptors (Lipinski definition) is 6. The molecular weight excluding hydrogens is 474 g/mol. The first-order valence-corrected chi connectivity index (χ1v) is 12.2. The van der Waals surface area contributed by atoms with Crippen LogP contribution in [0.4, 0.5) is 0 Å². The number of carbonyl (C=O) groups is 2. The molecule has 0 bridgehead atoms. The molecule has 37 heavy (non-hydrogen) atoms. The van der Waals surface area contributed by atoms with Crippen LogP contribution in [0.5, 0.6) is 17.2 Å². The van der Waals surface area contributed by atoms with E-state index < -0.39 is 11.9 Å². The standard InChI is InChI=1S/C27H31NO3.C2H2O4/c1-3-21-5-7-23(8-6-21)18-28(19-24-9-12-25(13-10-24)29-4-2)16-15-22-11-14-26-27(17-22)31-20-30-26;3-1(4)2(5)6/h5-14,17H,3-4,15-16,18-20H2,1-2H3;(H,3,4)(H,5,6). The van der Waals surface area contributed by atoms with Crippen molar-refractivity contribution in [1.29, 1.82) is 0 Å². The van der Waals surface area contributed by atoms with Crippen LogP contribution in [0.3, 0.4) is 0 Å². The average Bonchev–Trinajstić information content (AvgIpc) is 3.37. The first-order valence-electron chi connectivity index (χ1n) is 12.2. The third-order valence-corrected chi connectivity index (χ3v) is 5.81. The number of carboxylic acids is 2. The fraction of sp³-hybridized carbons (Fsp3) is 0.310. The normalized spacial score (nSPS) is 11.5. The maximum Gasteiger partial charge on any atom is 0.414 e. The summed E-state index contributed by atoms with van der Waals surface area (Å²) in [4.78, 5) is 20.7. The van der Waals surface area contributed by atoms with Gasteiger partial charge in [-0.2, -0.15) is 0 Å². The number of nitrogens with zero attached hydrogens (tertiary/aromatic N) is 1. The Bertz CT molecular complexity index is 1150. The highest BCUT2D eigenvalue weighted by molar-refractivity contribution is 6.27. The number of hydrogen-bond donors (Lipinski definition) is 2. The number of benzene rings is 3. The fourth-order valence-electron chi connectivity index (χ4n) is 3.85. The van der Waals surface area contributed by atoms with Gasteiger partial charge in [-0.3, -0.25) is 4.90 Å². The van der Waals surface area contributed by atoms with E-state index in [-0.39, 0.29) is 0 Å². The number of ether oxygens (including phenoxy) is 3. The van der Waals surface area contributed by atoms with Crippen LogP contribution in [0, 0.1) is 0 Å². The summed E-state index contributed by atoms with van der Waals surface area (Å²) in [6, 6.07) is 23.7. The van der Waals surface area contributed by atoms with Crippen molar-refractivity contribution < 1.29 is 34.0 Å². The van der Waals surface area contributed by atoms with Crippen molar-refractivity contribution in [2.75, 3.05) is 19.9 Å². The van der Waals surface area contributed by atoms with Crippen LogP contribution in [0.25, 0.3) is 0 Å². The predicted molar refractivity (Wildman–Crippen MR) is 139 cm³/mol. The van der Waals surface area contributed by atoms with Gasteiger partial charge in [-0.15, -0.1) is 0 Å². The summed E-state index contributed by atoms with van der Waals surface area (Å²) in [7, 11) is 0. The molecule has 0 radical (unpaired) electrons. The summed E-state index contributed by atoms with van der Waals surface area (Å²) in [6.07, 6.45) is 2.03. The molecule has 196 valence electrons. The first-order chi connectivity index (χ1) is 17.9. The molecule has 3 aromatic carbocycles. The average molecular weight is 508 g/mol. The fourth-order valence-corrected chi connectivity index (χ4v) is 3.85. The van der Waals surface area contributed by atoms with Crippen molar-refractivity contribution in [2.24, 2.45) is 0 Å². The lowest BCUT2D eigenvalue weighted by molar-refractivity contribution is -0.159. The van der Waals surface area contributed by atoms with Gasteiger partial charge in [0.25, 0.3) is 0 Å². The molecule has 1 aliphatic heterocycles. The number of rotatable bonds is 10. The van der Waals surface area contributed by atoms with Gasteiger partial charge in [-0.25, -0.2) is 9.59 Å². The van der Waals surface area contributed by atoms with Crippen LogP contribution in [0.1, 0.15) is 36.1 Å². The van der Waals surface area contributed by atoms with Crippen LogP contribution in [0.2, 0.25) is 0 Å². The third-order valence-electron chi connectivity index (χ3n) is 5.81. The summed E-state index contributed by atoms with van der Waals surface area (Å²) < 4.78 is 16.6. The van der Waals surface area contributed by atoms with Gasteiger partial charge in [-0.1, -0.05) is 49.4 Å². The van der Waals surface area contributed by atoms with Gasteiger partial charge in [0, 0.05) is 19.6 Å². The van der Waals surface area contributed by atoms with Crippen molar-refractivity contribution in [1.82, 2.24) is 4.90 Å². The third kappa shape index (κ3) is 8.84. The number of fused-ring (bicyclic) bond motifs is 1. The molecule has 0 atom stereocenters. The molecular formula is C29H33NO7. The van der Waals surface area contributed by atoms with E-state index in [2.05, 4.69) is 72.5 Å². The van der Waals surface area contributed by atoms with Gasteiger partial charge in [0.15, 0.2) is 11.5 Å². The van der Waals surface area contributed by atoms with Crippen molar-refractivity contribution in [3.05, 3.63) is 89.0 Å².